The van der Waals surface area contributed by atoms with Crippen molar-refractivity contribution in [2.24, 2.45) is 0 Å². The van der Waals surface area contributed by atoms with E-state index in [0.29, 0.717) is 5.02 Å². The van der Waals surface area contributed by atoms with Crippen LogP contribution in [0.25, 0.3) is 0 Å². The van der Waals surface area contributed by atoms with Crippen molar-refractivity contribution >= 4 is 11.6 Å². The fourth-order valence-corrected chi connectivity index (χ4v) is 1.35. The molecule has 3 heteroatoms. The first-order valence-corrected chi connectivity index (χ1v) is 4.14. The molecule has 66 valence electrons. The van der Waals surface area contributed by atoms with Gasteiger partial charge in [-0.2, -0.15) is 0 Å². The number of halogens is 1. The summed E-state index contributed by atoms with van der Waals surface area (Å²) in [6.45, 7) is 5.27. The first-order valence-electron chi connectivity index (χ1n) is 3.76. The number of rotatable bonds is 1. The molecule has 0 aliphatic rings. The zero-order valence-corrected chi connectivity index (χ0v) is 8.18. The zero-order valence-electron chi connectivity index (χ0n) is 7.43. The quantitative estimate of drug-likeness (QED) is 0.728. The van der Waals surface area contributed by atoms with Crippen molar-refractivity contribution in [2.75, 3.05) is 0 Å². The molecule has 0 aromatic carbocycles. The van der Waals surface area contributed by atoms with Gasteiger partial charge in [-0.3, -0.25) is 4.98 Å². The smallest absolute Gasteiger partial charge is 0.0856 e. The third-order valence-corrected chi connectivity index (χ3v) is 1.95. The second-order valence-electron chi connectivity index (χ2n) is 3.36. The molecule has 0 atom stereocenters. The van der Waals surface area contributed by atoms with Crippen LogP contribution in [0.4, 0.5) is 0 Å². The molecule has 0 unspecified atom stereocenters. The highest BCUT2D eigenvalue weighted by atomic mass is 35.5. The minimum Gasteiger partial charge on any atom is -0.386 e. The van der Waals surface area contributed by atoms with Crippen LogP contribution in [0.5, 0.6) is 0 Å². The van der Waals surface area contributed by atoms with Crippen LogP contribution in [0.1, 0.15) is 25.1 Å². The summed E-state index contributed by atoms with van der Waals surface area (Å²) in [6, 6.07) is 1.79. The number of aryl methyl sites for hydroxylation is 1. The molecule has 12 heavy (non-hydrogen) atoms. The van der Waals surface area contributed by atoms with Crippen LogP contribution in [0, 0.1) is 6.92 Å². The lowest BCUT2D eigenvalue weighted by molar-refractivity contribution is 0.0785. The van der Waals surface area contributed by atoms with Crippen molar-refractivity contribution in [3.8, 4) is 0 Å². The summed E-state index contributed by atoms with van der Waals surface area (Å²) in [5.74, 6) is 0. The van der Waals surface area contributed by atoms with Crippen molar-refractivity contribution in [1.29, 1.82) is 0 Å². The molecule has 1 aromatic heterocycles. The SMILES string of the molecule is Cc1cc(C(C)(C)O)c(Cl)cn1. The Kier molecular flexibility index (Phi) is 2.40. The van der Waals surface area contributed by atoms with Gasteiger partial charge in [-0.05, 0) is 26.8 Å². The van der Waals surface area contributed by atoms with Crippen LogP contribution in [-0.2, 0) is 5.60 Å². The van der Waals surface area contributed by atoms with Gasteiger partial charge in [0, 0.05) is 17.5 Å². The number of hydrogen-bond acceptors (Lipinski definition) is 2. The number of pyridine rings is 1. The van der Waals surface area contributed by atoms with Gasteiger partial charge in [-0.15, -0.1) is 0 Å². The van der Waals surface area contributed by atoms with Crippen LogP contribution >= 0.6 is 11.6 Å². The van der Waals surface area contributed by atoms with Gasteiger partial charge in [0.15, 0.2) is 0 Å². The molecular formula is C9H12ClNO. The monoisotopic (exact) mass is 185 g/mol. The maximum absolute atomic E-state index is 9.68. The van der Waals surface area contributed by atoms with E-state index in [1.807, 2.05) is 6.92 Å². The Morgan fingerprint density at radius 1 is 1.50 bits per heavy atom. The first kappa shape index (κ1) is 9.49. The van der Waals surface area contributed by atoms with Crippen molar-refractivity contribution in [3.05, 3.63) is 28.5 Å². The van der Waals surface area contributed by atoms with Crippen LogP contribution in [0.3, 0.4) is 0 Å². The summed E-state index contributed by atoms with van der Waals surface area (Å²) >= 11 is 5.86. The van der Waals surface area contributed by atoms with E-state index in [9.17, 15) is 5.11 Å². The first-order chi connectivity index (χ1) is 5.41. The van der Waals surface area contributed by atoms with E-state index in [2.05, 4.69) is 4.98 Å². The average Bonchev–Trinajstić information content (AvgIpc) is 1.92. The van der Waals surface area contributed by atoms with E-state index < -0.39 is 5.60 Å². The van der Waals surface area contributed by atoms with Crippen molar-refractivity contribution in [2.45, 2.75) is 26.4 Å². The maximum Gasteiger partial charge on any atom is 0.0856 e. The normalized spacial score (nSPS) is 11.8. The van der Waals surface area contributed by atoms with Crippen molar-refractivity contribution in [1.82, 2.24) is 4.98 Å². The van der Waals surface area contributed by atoms with E-state index in [0.717, 1.165) is 11.3 Å². The van der Waals surface area contributed by atoms with E-state index in [1.165, 1.54) is 0 Å². The third-order valence-electron chi connectivity index (χ3n) is 1.65. The lowest BCUT2D eigenvalue weighted by atomic mass is 9.99. The number of aliphatic hydroxyl groups is 1. The zero-order chi connectivity index (χ0) is 9.35. The Balaban J connectivity index is 3.23. The Labute approximate surface area is 77.2 Å². The predicted molar refractivity (Wildman–Crippen MR) is 49.2 cm³/mol. The Hall–Kier alpha value is -0.600. The highest BCUT2D eigenvalue weighted by Crippen LogP contribution is 2.26. The largest absolute Gasteiger partial charge is 0.386 e. The minimum atomic E-state index is -0.898. The van der Waals surface area contributed by atoms with Gasteiger partial charge in [0.2, 0.25) is 0 Å². The van der Waals surface area contributed by atoms with E-state index in [-0.39, 0.29) is 0 Å². The molecule has 0 saturated heterocycles. The molecule has 0 fully saturated rings. The summed E-state index contributed by atoms with van der Waals surface area (Å²) in [6.07, 6.45) is 1.56. The lowest BCUT2D eigenvalue weighted by Gasteiger charge is -2.19. The molecule has 0 spiro atoms. The minimum absolute atomic E-state index is 0.508. The molecule has 1 N–H and O–H groups in total. The van der Waals surface area contributed by atoms with Crippen LogP contribution in [-0.4, -0.2) is 10.1 Å². The standard InChI is InChI=1S/C9H12ClNO/c1-6-4-7(9(2,3)12)8(10)5-11-6/h4-5,12H,1-3H3. The molecule has 0 aliphatic carbocycles. The number of nitrogens with zero attached hydrogens (tertiary/aromatic N) is 1. The molecule has 1 rings (SSSR count). The van der Waals surface area contributed by atoms with Gasteiger partial charge >= 0.3 is 0 Å². The second-order valence-corrected chi connectivity index (χ2v) is 3.77. The lowest BCUT2D eigenvalue weighted by Crippen LogP contribution is -2.16. The summed E-state index contributed by atoms with van der Waals surface area (Å²) in [7, 11) is 0. The summed E-state index contributed by atoms with van der Waals surface area (Å²) in [5.41, 5.74) is 0.679. The second kappa shape index (κ2) is 3.04. The summed E-state index contributed by atoms with van der Waals surface area (Å²) in [5, 5.41) is 10.2. The summed E-state index contributed by atoms with van der Waals surface area (Å²) in [4.78, 5) is 4.01. The van der Waals surface area contributed by atoms with Gasteiger partial charge in [0.25, 0.3) is 0 Å². The highest BCUT2D eigenvalue weighted by molar-refractivity contribution is 6.31. The van der Waals surface area contributed by atoms with Crippen LogP contribution in [0.2, 0.25) is 5.02 Å². The van der Waals surface area contributed by atoms with E-state index in [1.54, 1.807) is 26.1 Å². The Morgan fingerprint density at radius 3 is 2.50 bits per heavy atom. The molecule has 0 bridgehead atoms. The molecule has 0 amide bonds. The Bertz CT molecular complexity index is 291. The van der Waals surface area contributed by atoms with Crippen molar-refractivity contribution < 1.29 is 5.11 Å². The predicted octanol–water partition coefficient (Wildman–Crippen LogP) is 2.27. The molecule has 2 nitrogen and oxygen atoms in total. The maximum atomic E-state index is 9.68. The fourth-order valence-electron chi connectivity index (χ4n) is 1.01. The van der Waals surface area contributed by atoms with Gasteiger partial charge in [0.1, 0.15) is 0 Å². The van der Waals surface area contributed by atoms with E-state index in [4.69, 9.17) is 11.6 Å². The van der Waals surface area contributed by atoms with Gasteiger partial charge in [0.05, 0.1) is 10.6 Å². The molecule has 0 aliphatic heterocycles. The molecule has 0 radical (unpaired) electrons. The summed E-state index contributed by atoms with van der Waals surface area (Å²) < 4.78 is 0. The molecule has 1 aromatic rings. The van der Waals surface area contributed by atoms with Gasteiger partial charge in [-0.1, -0.05) is 11.6 Å². The highest BCUT2D eigenvalue weighted by Gasteiger charge is 2.19. The Morgan fingerprint density at radius 2 is 2.08 bits per heavy atom. The van der Waals surface area contributed by atoms with Gasteiger partial charge < -0.3 is 5.11 Å². The number of aromatic nitrogens is 1. The van der Waals surface area contributed by atoms with E-state index >= 15 is 0 Å². The topological polar surface area (TPSA) is 33.1 Å². The van der Waals surface area contributed by atoms with Crippen molar-refractivity contribution in [3.63, 3.8) is 0 Å². The molecule has 0 saturated carbocycles. The van der Waals surface area contributed by atoms with Crippen LogP contribution in [0.15, 0.2) is 12.3 Å². The third kappa shape index (κ3) is 1.96. The fraction of sp³-hybridized carbons (Fsp3) is 0.444. The van der Waals surface area contributed by atoms with Crippen LogP contribution < -0.4 is 0 Å². The van der Waals surface area contributed by atoms with Gasteiger partial charge in [-0.25, -0.2) is 0 Å². The number of hydrogen-bond donors (Lipinski definition) is 1. The average molecular weight is 186 g/mol. The molecule has 1 heterocycles. The molecular weight excluding hydrogens is 174 g/mol.